The Morgan fingerprint density at radius 3 is 1.35 bits per heavy atom. The molecule has 0 aliphatic rings. The number of hydrogen-bond acceptors (Lipinski definition) is 1. The van der Waals surface area contributed by atoms with E-state index in [0.29, 0.717) is 0 Å². The van der Waals surface area contributed by atoms with Crippen LogP contribution in [-0.2, 0) is 0 Å². The molecule has 0 nitrogen and oxygen atoms in total. The second-order valence-corrected chi connectivity index (χ2v) is 14.6. The molecule has 1 heterocycles. The Balaban J connectivity index is 1.26. The molecule has 0 spiro atoms. The van der Waals surface area contributed by atoms with E-state index in [2.05, 4.69) is 186 Å². The highest BCUT2D eigenvalue weighted by atomic mass is 127. The first-order chi connectivity index (χ1) is 23.8. The molecule has 9 aromatic carbocycles. The molecule has 0 unspecified atom stereocenters. The highest BCUT2D eigenvalue weighted by Gasteiger charge is 2.20. The first-order valence-electron chi connectivity index (χ1n) is 16.3. The third-order valence-electron chi connectivity index (χ3n) is 9.92. The van der Waals surface area contributed by atoms with Crippen LogP contribution in [0, 0.1) is 3.57 Å². The van der Waals surface area contributed by atoms with E-state index < -0.39 is 0 Å². The van der Waals surface area contributed by atoms with Crippen molar-refractivity contribution in [2.24, 2.45) is 0 Å². The van der Waals surface area contributed by atoms with Crippen molar-refractivity contribution in [3.8, 4) is 33.4 Å². The Labute approximate surface area is 296 Å². The minimum Gasteiger partial charge on any atom is -0.135 e. The Morgan fingerprint density at radius 1 is 0.333 bits per heavy atom. The summed E-state index contributed by atoms with van der Waals surface area (Å²) in [4.78, 5) is 0. The molecule has 0 bridgehead atoms. The molecule has 10 rings (SSSR count). The molecule has 48 heavy (non-hydrogen) atoms. The van der Waals surface area contributed by atoms with Gasteiger partial charge in [0.15, 0.2) is 0 Å². The van der Waals surface area contributed by atoms with Crippen molar-refractivity contribution in [2.45, 2.75) is 0 Å². The van der Waals surface area contributed by atoms with Gasteiger partial charge in [0, 0.05) is 29.3 Å². The Hall–Kier alpha value is -5.03. The summed E-state index contributed by atoms with van der Waals surface area (Å²) >= 11 is 4.45. The predicted octanol–water partition coefficient (Wildman–Crippen LogP) is 14.3. The van der Waals surface area contributed by atoms with E-state index in [9.17, 15) is 0 Å². The fourth-order valence-electron chi connectivity index (χ4n) is 7.87. The molecule has 0 fully saturated rings. The monoisotopic (exact) mass is 738 g/mol. The van der Waals surface area contributed by atoms with Gasteiger partial charge in [-0.05, 0) is 99.6 Å². The molecule has 0 saturated heterocycles. The number of fused-ring (bicyclic) bond motifs is 7. The quantitative estimate of drug-likeness (QED) is 0.125. The summed E-state index contributed by atoms with van der Waals surface area (Å²) in [6.45, 7) is 0. The smallest absolute Gasteiger partial charge is 0.0434 e. The van der Waals surface area contributed by atoms with Crippen LogP contribution in [-0.4, -0.2) is 0 Å². The van der Waals surface area contributed by atoms with Gasteiger partial charge in [-0.1, -0.05) is 158 Å². The van der Waals surface area contributed by atoms with E-state index in [0.717, 1.165) is 0 Å². The van der Waals surface area contributed by atoms with Crippen molar-refractivity contribution >= 4 is 97.2 Å². The van der Waals surface area contributed by atoms with Crippen molar-refractivity contribution < 1.29 is 0 Å². The lowest BCUT2D eigenvalue weighted by molar-refractivity contribution is 1.66. The number of thiophene rings is 1. The normalized spacial score (nSPS) is 11.9. The molecular weight excluding hydrogens is 711 g/mol. The maximum absolute atomic E-state index is 2.53. The van der Waals surface area contributed by atoms with Crippen LogP contribution >= 0.6 is 33.9 Å². The lowest BCUT2D eigenvalue weighted by atomic mass is 9.86. The fraction of sp³-hybridized carbons (Fsp3) is 0. The maximum atomic E-state index is 2.53. The minimum atomic E-state index is 1.25. The summed E-state index contributed by atoms with van der Waals surface area (Å²) in [5.74, 6) is 0. The second-order valence-electron chi connectivity index (χ2n) is 12.5. The van der Waals surface area contributed by atoms with Gasteiger partial charge in [0.25, 0.3) is 0 Å². The van der Waals surface area contributed by atoms with Crippen LogP contribution in [0.4, 0.5) is 0 Å². The molecule has 10 aromatic rings. The maximum Gasteiger partial charge on any atom is 0.0434 e. The fourth-order valence-corrected chi connectivity index (χ4v) is 10.1. The largest absolute Gasteiger partial charge is 0.135 e. The number of hydrogen-bond donors (Lipinski definition) is 0. The molecule has 0 atom stereocenters. The number of benzene rings is 9. The van der Waals surface area contributed by atoms with Crippen molar-refractivity contribution in [2.75, 3.05) is 0 Å². The Morgan fingerprint density at radius 2 is 0.792 bits per heavy atom. The van der Waals surface area contributed by atoms with Crippen LogP contribution in [0.5, 0.6) is 0 Å². The highest BCUT2D eigenvalue weighted by molar-refractivity contribution is 14.1. The topological polar surface area (TPSA) is 0 Å². The molecule has 224 valence electrons. The summed E-state index contributed by atoms with van der Waals surface area (Å²) in [7, 11) is 0. The van der Waals surface area contributed by atoms with Gasteiger partial charge in [0.05, 0.1) is 0 Å². The lowest BCUT2D eigenvalue weighted by Crippen LogP contribution is -1.90. The van der Waals surface area contributed by atoms with Gasteiger partial charge in [-0.25, -0.2) is 0 Å². The number of halogens is 1. The first kappa shape index (κ1) is 28.0. The van der Waals surface area contributed by atoms with Gasteiger partial charge in [-0.2, -0.15) is 0 Å². The van der Waals surface area contributed by atoms with Gasteiger partial charge in [-0.3, -0.25) is 0 Å². The van der Waals surface area contributed by atoms with Crippen LogP contribution < -0.4 is 0 Å². The van der Waals surface area contributed by atoms with Crippen LogP contribution in [0.15, 0.2) is 164 Å². The Bertz CT molecular complexity index is 2780. The summed E-state index contributed by atoms with van der Waals surface area (Å²) < 4.78 is 3.97. The first-order valence-corrected chi connectivity index (χ1v) is 18.2. The van der Waals surface area contributed by atoms with Crippen molar-refractivity contribution in [1.82, 2.24) is 0 Å². The Kier molecular flexibility index (Phi) is 6.43. The summed E-state index contributed by atoms with van der Waals surface area (Å²) in [5, 5.41) is 13.0. The summed E-state index contributed by atoms with van der Waals surface area (Å²) in [5.41, 5.74) is 7.74. The van der Waals surface area contributed by atoms with Gasteiger partial charge >= 0.3 is 0 Å². The average Bonchev–Trinajstić information content (AvgIpc) is 3.53. The van der Waals surface area contributed by atoms with Crippen molar-refractivity contribution in [3.05, 3.63) is 167 Å². The van der Waals surface area contributed by atoms with E-state index in [1.54, 1.807) is 0 Å². The molecule has 0 aliphatic heterocycles. The molecule has 0 radical (unpaired) electrons. The van der Waals surface area contributed by atoms with Crippen molar-refractivity contribution in [3.63, 3.8) is 0 Å². The zero-order valence-corrected chi connectivity index (χ0v) is 28.8. The zero-order chi connectivity index (χ0) is 31.8. The predicted molar refractivity (Wildman–Crippen MR) is 218 cm³/mol. The standard InChI is InChI=1S/C46H27IS/c47-45-37-21-10-8-19-35(37)44(36-20-9-11-22-38(36)45)40-24-12-23-39-30-26-25-29(27-41(30)48-46(39)40)43-33-17-6-4-15-31(33)42(28-13-2-1-3-14-28)32-16-5-7-18-34(32)43/h1-27H. The van der Waals surface area contributed by atoms with Crippen LogP contribution in [0.25, 0.3) is 96.6 Å². The average molecular weight is 739 g/mol. The summed E-state index contributed by atoms with van der Waals surface area (Å²) in [6, 6.07) is 60.4. The second kappa shape index (κ2) is 11.0. The molecule has 1 aromatic heterocycles. The van der Waals surface area contributed by atoms with Gasteiger partial charge in [0.2, 0.25) is 0 Å². The van der Waals surface area contributed by atoms with Gasteiger partial charge in [0.1, 0.15) is 0 Å². The van der Waals surface area contributed by atoms with E-state index in [-0.39, 0.29) is 0 Å². The lowest BCUT2D eigenvalue weighted by Gasteiger charge is -2.17. The molecule has 0 amide bonds. The van der Waals surface area contributed by atoms with Crippen LogP contribution in [0.2, 0.25) is 0 Å². The van der Waals surface area contributed by atoms with Gasteiger partial charge < -0.3 is 0 Å². The molecule has 0 N–H and O–H groups in total. The van der Waals surface area contributed by atoms with Crippen LogP contribution in [0.3, 0.4) is 0 Å². The molecule has 2 heteroatoms. The molecule has 0 aliphatic carbocycles. The molecular formula is C46H27IS. The van der Waals surface area contributed by atoms with Gasteiger partial charge in [-0.15, -0.1) is 11.3 Å². The molecule has 0 saturated carbocycles. The van der Waals surface area contributed by atoms with E-state index in [1.807, 2.05) is 11.3 Å². The SMILES string of the molecule is Ic1c2ccccc2c(-c2cccc3c2sc2cc(-c4c5ccccc5c(-c5ccccc5)c5ccccc45)ccc23)c2ccccc12. The zero-order valence-electron chi connectivity index (χ0n) is 25.9. The van der Waals surface area contributed by atoms with E-state index in [1.165, 1.54) is 100 Å². The highest BCUT2D eigenvalue weighted by Crippen LogP contribution is 2.48. The van der Waals surface area contributed by atoms with E-state index in [4.69, 9.17) is 0 Å². The minimum absolute atomic E-state index is 1.25. The summed E-state index contributed by atoms with van der Waals surface area (Å²) in [6.07, 6.45) is 0. The van der Waals surface area contributed by atoms with E-state index >= 15 is 0 Å². The van der Waals surface area contributed by atoms with Crippen LogP contribution in [0.1, 0.15) is 0 Å². The third-order valence-corrected chi connectivity index (χ3v) is 12.3. The third kappa shape index (κ3) is 4.12. The van der Waals surface area contributed by atoms with Crippen molar-refractivity contribution in [1.29, 1.82) is 0 Å². The number of rotatable bonds is 3.